The number of carboxylic acids is 1. The first kappa shape index (κ1) is 15.5. The van der Waals surface area contributed by atoms with E-state index >= 15 is 0 Å². The van der Waals surface area contributed by atoms with Gasteiger partial charge in [-0.2, -0.15) is 0 Å². The van der Waals surface area contributed by atoms with Crippen LogP contribution in [0.25, 0.3) is 0 Å². The summed E-state index contributed by atoms with van der Waals surface area (Å²) in [6, 6.07) is 7.00. The van der Waals surface area contributed by atoms with Crippen LogP contribution in [0.4, 0.5) is 5.69 Å². The van der Waals surface area contributed by atoms with Crippen LogP contribution in [0.5, 0.6) is 0 Å². The standard InChI is InChI=1S/C17H20N2O4/c20-15-8-7-12-4-1-2-5-13(12)19(15)11-9-16(21)18-10-3-6-14(18)17(22)23/h1-2,4-5,14H,3,6-11H2,(H,22,23)/t14-/m0/s1. The number of para-hydroxylation sites is 1. The maximum atomic E-state index is 12.3. The molecule has 0 aromatic heterocycles. The number of anilines is 1. The van der Waals surface area contributed by atoms with E-state index in [0.717, 1.165) is 17.7 Å². The van der Waals surface area contributed by atoms with E-state index in [-0.39, 0.29) is 18.2 Å². The highest BCUT2D eigenvalue weighted by Gasteiger charge is 2.34. The summed E-state index contributed by atoms with van der Waals surface area (Å²) in [5.74, 6) is -1.12. The molecule has 2 heterocycles. The fourth-order valence-corrected chi connectivity index (χ4v) is 3.41. The van der Waals surface area contributed by atoms with Crippen LogP contribution in [-0.4, -0.2) is 46.9 Å². The summed E-state index contributed by atoms with van der Waals surface area (Å²) in [6.45, 7) is 0.790. The second-order valence-corrected chi connectivity index (χ2v) is 6.01. The van der Waals surface area contributed by atoms with Gasteiger partial charge < -0.3 is 14.9 Å². The van der Waals surface area contributed by atoms with Crippen molar-refractivity contribution in [2.24, 2.45) is 0 Å². The Balaban J connectivity index is 1.67. The van der Waals surface area contributed by atoms with Crippen LogP contribution in [0.2, 0.25) is 0 Å². The zero-order valence-electron chi connectivity index (χ0n) is 12.9. The summed E-state index contributed by atoms with van der Waals surface area (Å²) in [5, 5.41) is 9.16. The Morgan fingerprint density at radius 1 is 1.22 bits per heavy atom. The van der Waals surface area contributed by atoms with Crippen LogP contribution < -0.4 is 4.90 Å². The number of nitrogens with zero attached hydrogens (tertiary/aromatic N) is 2. The van der Waals surface area contributed by atoms with Crippen molar-refractivity contribution >= 4 is 23.5 Å². The average Bonchev–Trinajstić information content (AvgIpc) is 3.03. The SMILES string of the molecule is O=C(O)[C@@H]1CCCN1C(=O)CCN1C(=O)CCc2ccccc21. The number of benzene rings is 1. The number of amides is 2. The second-order valence-electron chi connectivity index (χ2n) is 6.01. The Hall–Kier alpha value is -2.37. The highest BCUT2D eigenvalue weighted by atomic mass is 16.4. The zero-order chi connectivity index (χ0) is 16.4. The van der Waals surface area contributed by atoms with Gasteiger partial charge in [0.25, 0.3) is 0 Å². The number of fused-ring (bicyclic) bond motifs is 1. The molecule has 1 atom stereocenters. The predicted molar refractivity (Wildman–Crippen MR) is 84.1 cm³/mol. The lowest BCUT2D eigenvalue weighted by Gasteiger charge is -2.30. The lowest BCUT2D eigenvalue weighted by molar-refractivity contribution is -0.148. The Morgan fingerprint density at radius 2 is 2.00 bits per heavy atom. The van der Waals surface area contributed by atoms with Gasteiger partial charge in [-0.15, -0.1) is 0 Å². The van der Waals surface area contributed by atoms with E-state index in [4.69, 9.17) is 5.11 Å². The average molecular weight is 316 g/mol. The summed E-state index contributed by atoms with van der Waals surface area (Å²) < 4.78 is 0. The van der Waals surface area contributed by atoms with Crippen LogP contribution in [-0.2, 0) is 20.8 Å². The normalized spacial score (nSPS) is 20.5. The number of carboxylic acid groups (broad SMARTS) is 1. The van der Waals surface area contributed by atoms with E-state index in [0.29, 0.717) is 32.4 Å². The minimum Gasteiger partial charge on any atom is -0.480 e. The van der Waals surface area contributed by atoms with Crippen molar-refractivity contribution < 1.29 is 19.5 Å². The van der Waals surface area contributed by atoms with Crippen molar-refractivity contribution in [2.75, 3.05) is 18.0 Å². The molecule has 2 amide bonds. The lowest BCUT2D eigenvalue weighted by atomic mass is 10.0. The maximum absolute atomic E-state index is 12.3. The van der Waals surface area contributed by atoms with Crippen LogP contribution in [0.3, 0.4) is 0 Å². The number of carbonyl (C=O) groups is 3. The zero-order valence-corrected chi connectivity index (χ0v) is 12.9. The highest BCUT2D eigenvalue weighted by molar-refractivity contribution is 5.97. The molecule has 0 unspecified atom stereocenters. The number of rotatable bonds is 4. The Bertz CT molecular complexity index is 643. The number of hydrogen-bond acceptors (Lipinski definition) is 3. The molecule has 3 rings (SSSR count). The highest BCUT2D eigenvalue weighted by Crippen LogP contribution is 2.28. The van der Waals surface area contributed by atoms with E-state index in [1.165, 1.54) is 4.90 Å². The van der Waals surface area contributed by atoms with Gasteiger partial charge in [0.15, 0.2) is 0 Å². The van der Waals surface area contributed by atoms with Crippen molar-refractivity contribution in [1.29, 1.82) is 0 Å². The first-order valence-corrected chi connectivity index (χ1v) is 7.98. The number of hydrogen-bond donors (Lipinski definition) is 1. The molecule has 1 saturated heterocycles. The summed E-state index contributed by atoms with van der Waals surface area (Å²) in [4.78, 5) is 38.8. The summed E-state index contributed by atoms with van der Waals surface area (Å²) >= 11 is 0. The molecule has 1 fully saturated rings. The molecule has 122 valence electrons. The molecule has 0 spiro atoms. The van der Waals surface area contributed by atoms with Gasteiger partial charge in [0.2, 0.25) is 11.8 Å². The van der Waals surface area contributed by atoms with Gasteiger partial charge in [-0.25, -0.2) is 4.79 Å². The molecule has 6 heteroatoms. The first-order chi connectivity index (χ1) is 11.1. The smallest absolute Gasteiger partial charge is 0.326 e. The third-order valence-corrected chi connectivity index (χ3v) is 4.60. The number of carbonyl (C=O) groups excluding carboxylic acids is 2. The molecular weight excluding hydrogens is 296 g/mol. The van der Waals surface area contributed by atoms with E-state index < -0.39 is 12.0 Å². The summed E-state index contributed by atoms with van der Waals surface area (Å²) in [5.41, 5.74) is 1.98. The van der Waals surface area contributed by atoms with E-state index in [1.807, 2.05) is 24.3 Å². The van der Waals surface area contributed by atoms with Crippen LogP contribution in [0.1, 0.15) is 31.2 Å². The fourth-order valence-electron chi connectivity index (χ4n) is 3.41. The minimum absolute atomic E-state index is 0.0210. The lowest BCUT2D eigenvalue weighted by Crippen LogP contribution is -2.43. The quantitative estimate of drug-likeness (QED) is 0.911. The molecule has 0 saturated carbocycles. The Morgan fingerprint density at radius 3 is 2.78 bits per heavy atom. The van der Waals surface area contributed by atoms with Gasteiger partial charge in [0.1, 0.15) is 6.04 Å². The first-order valence-electron chi connectivity index (χ1n) is 7.98. The number of aliphatic carboxylic acids is 1. The van der Waals surface area contributed by atoms with Crippen molar-refractivity contribution in [2.45, 2.75) is 38.1 Å². The molecule has 2 aliphatic heterocycles. The van der Waals surface area contributed by atoms with Gasteiger partial charge in [0, 0.05) is 31.6 Å². The van der Waals surface area contributed by atoms with E-state index in [9.17, 15) is 14.4 Å². The van der Waals surface area contributed by atoms with E-state index in [1.54, 1.807) is 4.90 Å². The van der Waals surface area contributed by atoms with Gasteiger partial charge in [0.05, 0.1) is 0 Å². The van der Waals surface area contributed by atoms with Crippen LogP contribution in [0, 0.1) is 0 Å². The van der Waals surface area contributed by atoms with Crippen LogP contribution >= 0.6 is 0 Å². The number of likely N-dealkylation sites (tertiary alicyclic amines) is 1. The molecule has 1 N–H and O–H groups in total. The topological polar surface area (TPSA) is 77.9 Å². The van der Waals surface area contributed by atoms with E-state index in [2.05, 4.69) is 0 Å². The largest absolute Gasteiger partial charge is 0.480 e. The van der Waals surface area contributed by atoms with Crippen molar-refractivity contribution in [3.63, 3.8) is 0 Å². The molecular formula is C17H20N2O4. The third-order valence-electron chi connectivity index (χ3n) is 4.60. The van der Waals surface area contributed by atoms with Gasteiger partial charge in [-0.05, 0) is 30.9 Å². The summed E-state index contributed by atoms with van der Waals surface area (Å²) in [6.07, 6.45) is 2.56. The molecule has 1 aromatic rings. The molecule has 23 heavy (non-hydrogen) atoms. The number of aryl methyl sites for hydroxylation is 1. The van der Waals surface area contributed by atoms with Crippen molar-refractivity contribution in [1.82, 2.24) is 4.90 Å². The minimum atomic E-state index is -0.949. The molecule has 2 aliphatic rings. The van der Waals surface area contributed by atoms with Crippen molar-refractivity contribution in [3.05, 3.63) is 29.8 Å². The third kappa shape index (κ3) is 3.06. The second kappa shape index (κ2) is 6.40. The molecule has 0 aliphatic carbocycles. The van der Waals surface area contributed by atoms with Crippen LogP contribution in [0.15, 0.2) is 24.3 Å². The molecule has 0 bridgehead atoms. The summed E-state index contributed by atoms with van der Waals surface area (Å²) in [7, 11) is 0. The molecule has 1 aromatic carbocycles. The Labute approximate surface area is 134 Å². The molecule has 6 nitrogen and oxygen atoms in total. The Kier molecular flexibility index (Phi) is 4.32. The van der Waals surface area contributed by atoms with Gasteiger partial charge in [-0.3, -0.25) is 9.59 Å². The molecule has 0 radical (unpaired) electrons. The van der Waals surface area contributed by atoms with Gasteiger partial charge in [-0.1, -0.05) is 18.2 Å². The maximum Gasteiger partial charge on any atom is 0.326 e. The monoisotopic (exact) mass is 316 g/mol. The van der Waals surface area contributed by atoms with Crippen molar-refractivity contribution in [3.8, 4) is 0 Å². The van der Waals surface area contributed by atoms with Gasteiger partial charge >= 0.3 is 5.97 Å². The fraction of sp³-hybridized carbons (Fsp3) is 0.471. The predicted octanol–water partition coefficient (Wildman–Crippen LogP) is 1.43.